The van der Waals surface area contributed by atoms with E-state index in [1.165, 1.54) is 37.9 Å². The van der Waals surface area contributed by atoms with E-state index in [9.17, 15) is 4.91 Å². The Kier molecular flexibility index (Phi) is 3.45. The quantitative estimate of drug-likeness (QED) is 0.709. The van der Waals surface area contributed by atoms with Gasteiger partial charge in [-0.2, -0.15) is 0 Å². The molecule has 80 valence electrons. The summed E-state index contributed by atoms with van der Waals surface area (Å²) < 4.78 is 0. The molecule has 1 fully saturated rings. The molecule has 0 N–H and O–H groups in total. The van der Waals surface area contributed by atoms with Gasteiger partial charge in [0.15, 0.2) is 0 Å². The monoisotopic (exact) mass is 204 g/mol. The zero-order valence-electron chi connectivity index (χ0n) is 8.85. The van der Waals surface area contributed by atoms with Gasteiger partial charge >= 0.3 is 0 Å². The van der Waals surface area contributed by atoms with Crippen molar-refractivity contribution >= 4 is 5.69 Å². The van der Waals surface area contributed by atoms with E-state index < -0.39 is 0 Å². The second kappa shape index (κ2) is 5.03. The highest BCUT2D eigenvalue weighted by molar-refractivity contribution is 5.38. The number of hydrogen-bond acceptors (Lipinski definition) is 3. The normalized spacial score (nSPS) is 17.6. The number of rotatable bonds is 3. The minimum absolute atomic E-state index is 0.511. The molecule has 1 heterocycles. The highest BCUT2D eigenvalue weighted by atomic mass is 16.3. The lowest BCUT2D eigenvalue weighted by molar-refractivity contribution is 0.221. The number of piperidine rings is 1. The van der Waals surface area contributed by atoms with E-state index in [2.05, 4.69) is 10.1 Å². The SMILES string of the molecule is O=Nc1ccc(CN2CCCCC2)cc1. The molecule has 15 heavy (non-hydrogen) atoms. The van der Waals surface area contributed by atoms with Gasteiger partial charge in [-0.3, -0.25) is 4.90 Å². The first kappa shape index (κ1) is 10.3. The van der Waals surface area contributed by atoms with Crippen molar-refractivity contribution in [2.24, 2.45) is 5.18 Å². The van der Waals surface area contributed by atoms with Crippen molar-refractivity contribution < 1.29 is 0 Å². The largest absolute Gasteiger partial charge is 0.299 e. The summed E-state index contributed by atoms with van der Waals surface area (Å²) in [4.78, 5) is 12.7. The molecule has 0 spiro atoms. The minimum atomic E-state index is 0.511. The van der Waals surface area contributed by atoms with E-state index in [1.54, 1.807) is 12.1 Å². The predicted molar refractivity (Wildman–Crippen MR) is 61.0 cm³/mol. The lowest BCUT2D eigenvalue weighted by atomic mass is 10.1. The Morgan fingerprint density at radius 1 is 1.07 bits per heavy atom. The number of likely N-dealkylation sites (tertiary alicyclic amines) is 1. The molecular weight excluding hydrogens is 188 g/mol. The van der Waals surface area contributed by atoms with Crippen LogP contribution in [0.1, 0.15) is 24.8 Å². The molecule has 0 amide bonds. The van der Waals surface area contributed by atoms with Crippen LogP contribution >= 0.6 is 0 Å². The second-order valence-corrected chi connectivity index (χ2v) is 4.09. The highest BCUT2D eigenvalue weighted by Gasteiger charge is 2.09. The molecule has 0 bridgehead atoms. The lowest BCUT2D eigenvalue weighted by Crippen LogP contribution is -2.28. The fraction of sp³-hybridized carbons (Fsp3) is 0.500. The van der Waals surface area contributed by atoms with Crippen LogP contribution in [-0.2, 0) is 6.54 Å². The van der Waals surface area contributed by atoms with Gasteiger partial charge in [-0.15, -0.1) is 4.91 Å². The summed E-state index contributed by atoms with van der Waals surface area (Å²) in [5.74, 6) is 0. The van der Waals surface area contributed by atoms with Gasteiger partial charge in [-0.1, -0.05) is 18.6 Å². The van der Waals surface area contributed by atoms with Gasteiger partial charge in [0.1, 0.15) is 5.69 Å². The highest BCUT2D eigenvalue weighted by Crippen LogP contribution is 2.16. The molecule has 3 nitrogen and oxygen atoms in total. The molecule has 0 radical (unpaired) electrons. The van der Waals surface area contributed by atoms with E-state index in [4.69, 9.17) is 0 Å². The molecule has 1 aliphatic rings. The lowest BCUT2D eigenvalue weighted by Gasteiger charge is -2.26. The number of hydrogen-bond donors (Lipinski definition) is 0. The molecule has 1 aromatic rings. The van der Waals surface area contributed by atoms with Gasteiger partial charge < -0.3 is 0 Å². The summed E-state index contributed by atoms with van der Waals surface area (Å²) in [5.41, 5.74) is 1.78. The zero-order valence-corrected chi connectivity index (χ0v) is 8.85. The Morgan fingerprint density at radius 3 is 2.33 bits per heavy atom. The van der Waals surface area contributed by atoms with Crippen molar-refractivity contribution in [3.63, 3.8) is 0 Å². The standard InChI is InChI=1S/C12H16N2O/c15-13-12-6-4-11(5-7-12)10-14-8-2-1-3-9-14/h4-7H,1-3,8-10H2. The molecule has 2 rings (SSSR count). The van der Waals surface area contributed by atoms with Crippen molar-refractivity contribution in [2.75, 3.05) is 13.1 Å². The second-order valence-electron chi connectivity index (χ2n) is 4.09. The van der Waals surface area contributed by atoms with Crippen molar-refractivity contribution in [3.8, 4) is 0 Å². The van der Waals surface area contributed by atoms with Crippen molar-refractivity contribution in [3.05, 3.63) is 34.7 Å². The summed E-state index contributed by atoms with van der Waals surface area (Å²) in [7, 11) is 0. The third-order valence-corrected chi connectivity index (χ3v) is 2.90. The van der Waals surface area contributed by atoms with E-state index >= 15 is 0 Å². The van der Waals surface area contributed by atoms with Gasteiger partial charge in [0.2, 0.25) is 0 Å². The summed E-state index contributed by atoms with van der Waals surface area (Å²) in [6.07, 6.45) is 3.99. The predicted octanol–water partition coefficient (Wildman–Crippen LogP) is 3.07. The van der Waals surface area contributed by atoms with Gasteiger partial charge in [0, 0.05) is 6.54 Å². The van der Waals surface area contributed by atoms with E-state index in [0.717, 1.165) is 6.54 Å². The first-order valence-corrected chi connectivity index (χ1v) is 5.53. The minimum Gasteiger partial charge on any atom is -0.299 e. The molecule has 3 heteroatoms. The Morgan fingerprint density at radius 2 is 1.73 bits per heavy atom. The maximum absolute atomic E-state index is 10.2. The first-order chi connectivity index (χ1) is 7.38. The van der Waals surface area contributed by atoms with Crippen LogP contribution in [0.25, 0.3) is 0 Å². The van der Waals surface area contributed by atoms with Crippen LogP contribution in [-0.4, -0.2) is 18.0 Å². The molecule has 1 aromatic carbocycles. The van der Waals surface area contributed by atoms with Crippen molar-refractivity contribution in [1.82, 2.24) is 4.90 Å². The van der Waals surface area contributed by atoms with Crippen LogP contribution in [0.4, 0.5) is 5.69 Å². The fourth-order valence-corrected chi connectivity index (χ4v) is 2.04. The molecule has 0 atom stereocenters. The average molecular weight is 204 g/mol. The van der Waals surface area contributed by atoms with Gasteiger partial charge in [0.05, 0.1) is 0 Å². The van der Waals surface area contributed by atoms with E-state index in [1.807, 2.05) is 12.1 Å². The zero-order chi connectivity index (χ0) is 10.5. The van der Waals surface area contributed by atoms with Crippen LogP contribution < -0.4 is 0 Å². The first-order valence-electron chi connectivity index (χ1n) is 5.53. The number of nitrogens with zero attached hydrogens (tertiary/aromatic N) is 2. The van der Waals surface area contributed by atoms with Gasteiger partial charge in [-0.25, -0.2) is 0 Å². The van der Waals surface area contributed by atoms with E-state index in [-0.39, 0.29) is 0 Å². The Hall–Kier alpha value is -1.22. The van der Waals surface area contributed by atoms with Gasteiger partial charge in [0.25, 0.3) is 0 Å². The molecule has 1 aliphatic heterocycles. The smallest absolute Gasteiger partial charge is 0.108 e. The summed E-state index contributed by atoms with van der Waals surface area (Å²) in [5, 5.41) is 2.89. The van der Waals surface area contributed by atoms with Crippen LogP contribution in [0.3, 0.4) is 0 Å². The third kappa shape index (κ3) is 2.86. The Balaban J connectivity index is 1.94. The molecule has 0 aromatic heterocycles. The Bertz CT molecular complexity index is 315. The van der Waals surface area contributed by atoms with Crippen LogP contribution in [0.15, 0.2) is 29.4 Å². The Labute approximate surface area is 90.1 Å². The molecule has 0 aliphatic carbocycles. The average Bonchev–Trinajstić information content (AvgIpc) is 2.31. The topological polar surface area (TPSA) is 32.7 Å². The van der Waals surface area contributed by atoms with Crippen molar-refractivity contribution in [2.45, 2.75) is 25.8 Å². The van der Waals surface area contributed by atoms with Gasteiger partial charge in [-0.05, 0) is 48.8 Å². The number of nitroso groups, excluding NO2 is 1. The fourth-order valence-electron chi connectivity index (χ4n) is 2.04. The summed E-state index contributed by atoms with van der Waals surface area (Å²) in [6.45, 7) is 3.40. The molecular formula is C12H16N2O. The third-order valence-electron chi connectivity index (χ3n) is 2.90. The van der Waals surface area contributed by atoms with Crippen LogP contribution in [0.2, 0.25) is 0 Å². The number of benzene rings is 1. The summed E-state index contributed by atoms with van der Waals surface area (Å²) >= 11 is 0. The van der Waals surface area contributed by atoms with Crippen LogP contribution in [0, 0.1) is 4.91 Å². The maximum atomic E-state index is 10.2. The maximum Gasteiger partial charge on any atom is 0.108 e. The molecule has 0 unspecified atom stereocenters. The van der Waals surface area contributed by atoms with Crippen LogP contribution in [0.5, 0.6) is 0 Å². The molecule has 0 saturated carbocycles. The summed E-state index contributed by atoms with van der Waals surface area (Å²) in [6, 6.07) is 7.55. The van der Waals surface area contributed by atoms with Crippen molar-refractivity contribution in [1.29, 1.82) is 0 Å². The van der Waals surface area contributed by atoms with E-state index in [0.29, 0.717) is 5.69 Å². The molecule has 1 saturated heterocycles.